The van der Waals surface area contributed by atoms with E-state index in [2.05, 4.69) is 22.2 Å². The molecule has 1 amide bonds. The Bertz CT molecular complexity index is 1510. The highest BCUT2D eigenvalue weighted by molar-refractivity contribution is 5.89. The van der Waals surface area contributed by atoms with E-state index in [0.717, 1.165) is 64.8 Å². The standard InChI is InChI=1S/C30H38N6O4/c1-7-21-15-20(32-29(37)40-30(2,3)4)12-13-36(21)28-11-10-24-25(34-28)9-8-23(33-24)22-14-19-17-31-35(5)26(19)16-27(22)39-18-38-6/h8-11,14,16-17,20-21H,7,12-13,15,18H2,1-6H3,(H,32,37). The highest BCUT2D eigenvalue weighted by atomic mass is 16.7. The number of aromatic nitrogens is 4. The van der Waals surface area contributed by atoms with Crippen molar-refractivity contribution in [1.82, 2.24) is 25.1 Å². The largest absolute Gasteiger partial charge is 0.467 e. The molecule has 0 bridgehead atoms. The molecule has 1 N–H and O–H groups in total. The third kappa shape index (κ3) is 5.96. The Kier molecular flexibility index (Phi) is 7.80. The number of pyridine rings is 2. The lowest BCUT2D eigenvalue weighted by Gasteiger charge is -2.40. The van der Waals surface area contributed by atoms with E-state index in [1.165, 1.54) is 0 Å². The first-order valence-electron chi connectivity index (χ1n) is 13.8. The van der Waals surface area contributed by atoms with Gasteiger partial charge in [-0.3, -0.25) is 4.68 Å². The Hall–Kier alpha value is -3.92. The molecule has 5 rings (SSSR count). The lowest BCUT2D eigenvalue weighted by molar-refractivity contribution is 0.0492. The van der Waals surface area contributed by atoms with Crippen LogP contribution in [0.5, 0.6) is 5.75 Å². The summed E-state index contributed by atoms with van der Waals surface area (Å²) >= 11 is 0. The fourth-order valence-electron chi connectivity index (χ4n) is 5.28. The first-order valence-corrected chi connectivity index (χ1v) is 13.8. The molecular formula is C30H38N6O4. The van der Waals surface area contributed by atoms with Crippen LogP contribution >= 0.6 is 0 Å². The summed E-state index contributed by atoms with van der Waals surface area (Å²) in [4.78, 5) is 24.6. The van der Waals surface area contributed by atoms with E-state index in [-0.39, 0.29) is 25.0 Å². The van der Waals surface area contributed by atoms with Crippen molar-refractivity contribution in [2.45, 2.75) is 64.6 Å². The first-order chi connectivity index (χ1) is 19.1. The van der Waals surface area contributed by atoms with Crippen LogP contribution in [-0.4, -0.2) is 64.0 Å². The Morgan fingerprint density at radius 1 is 1.12 bits per heavy atom. The zero-order valence-corrected chi connectivity index (χ0v) is 24.1. The van der Waals surface area contributed by atoms with Gasteiger partial charge in [0.1, 0.15) is 17.2 Å². The van der Waals surface area contributed by atoms with Gasteiger partial charge in [-0.1, -0.05) is 6.92 Å². The molecule has 0 aliphatic carbocycles. The third-order valence-electron chi connectivity index (χ3n) is 7.19. The van der Waals surface area contributed by atoms with Crippen molar-refractivity contribution in [3.05, 3.63) is 42.6 Å². The van der Waals surface area contributed by atoms with E-state index < -0.39 is 5.60 Å². The van der Waals surface area contributed by atoms with Crippen LogP contribution in [0.1, 0.15) is 47.0 Å². The summed E-state index contributed by atoms with van der Waals surface area (Å²) in [6.07, 6.45) is 4.10. The van der Waals surface area contributed by atoms with E-state index in [1.807, 2.05) is 75.1 Å². The molecule has 4 aromatic rings. The van der Waals surface area contributed by atoms with E-state index >= 15 is 0 Å². The number of carbonyl (C=O) groups excluding carboxylic acids is 1. The summed E-state index contributed by atoms with van der Waals surface area (Å²) in [6.45, 7) is 8.73. The highest BCUT2D eigenvalue weighted by Crippen LogP contribution is 2.35. The van der Waals surface area contributed by atoms with Gasteiger partial charge in [0, 0.05) is 49.8 Å². The van der Waals surface area contributed by atoms with Gasteiger partial charge in [0.2, 0.25) is 0 Å². The van der Waals surface area contributed by atoms with Crippen LogP contribution in [-0.2, 0) is 16.5 Å². The zero-order chi connectivity index (χ0) is 28.4. The number of aryl methyl sites for hydroxylation is 1. The molecule has 0 saturated carbocycles. The quantitative estimate of drug-likeness (QED) is 0.306. The Balaban J connectivity index is 1.37. The molecule has 2 unspecified atom stereocenters. The van der Waals surface area contributed by atoms with Crippen LogP contribution in [0.15, 0.2) is 42.6 Å². The second-order valence-corrected chi connectivity index (χ2v) is 11.3. The van der Waals surface area contributed by atoms with Crippen LogP contribution < -0.4 is 15.0 Å². The maximum absolute atomic E-state index is 12.3. The molecule has 1 aliphatic heterocycles. The van der Waals surface area contributed by atoms with Crippen LogP contribution in [0.4, 0.5) is 10.6 Å². The zero-order valence-electron chi connectivity index (χ0n) is 24.1. The lowest BCUT2D eigenvalue weighted by Crippen LogP contribution is -2.50. The number of nitrogens with one attached hydrogen (secondary N) is 1. The molecule has 1 fully saturated rings. The second-order valence-electron chi connectivity index (χ2n) is 11.3. The number of carbonyl (C=O) groups is 1. The molecule has 10 heteroatoms. The number of fused-ring (bicyclic) bond motifs is 2. The van der Waals surface area contributed by atoms with E-state index in [4.69, 9.17) is 24.2 Å². The number of ether oxygens (including phenoxy) is 3. The highest BCUT2D eigenvalue weighted by Gasteiger charge is 2.30. The second kappa shape index (κ2) is 11.3. The maximum Gasteiger partial charge on any atom is 0.407 e. The van der Waals surface area contributed by atoms with Crippen molar-refractivity contribution in [1.29, 1.82) is 0 Å². The lowest BCUT2D eigenvalue weighted by atomic mass is 9.95. The molecule has 0 radical (unpaired) electrons. The summed E-state index contributed by atoms with van der Waals surface area (Å²) in [7, 11) is 3.51. The number of benzene rings is 1. The molecule has 1 aromatic carbocycles. The molecular weight excluding hydrogens is 508 g/mol. The third-order valence-corrected chi connectivity index (χ3v) is 7.19. The average molecular weight is 547 g/mol. The number of alkyl carbamates (subject to hydrolysis) is 1. The first kappa shape index (κ1) is 27.6. The van der Waals surface area contributed by atoms with Gasteiger partial charge in [-0.15, -0.1) is 0 Å². The van der Waals surface area contributed by atoms with Gasteiger partial charge in [0.05, 0.1) is 28.4 Å². The van der Waals surface area contributed by atoms with Crippen molar-refractivity contribution < 1.29 is 19.0 Å². The van der Waals surface area contributed by atoms with Gasteiger partial charge in [0.25, 0.3) is 0 Å². The van der Waals surface area contributed by atoms with Crippen LogP contribution in [0, 0.1) is 0 Å². The molecule has 4 heterocycles. The fraction of sp³-hybridized carbons (Fsp3) is 0.467. The van der Waals surface area contributed by atoms with Crippen molar-refractivity contribution in [2.24, 2.45) is 7.05 Å². The van der Waals surface area contributed by atoms with Crippen molar-refractivity contribution in [3.8, 4) is 17.0 Å². The molecule has 0 spiro atoms. The minimum absolute atomic E-state index is 0.0763. The van der Waals surface area contributed by atoms with Crippen molar-refractivity contribution in [2.75, 3.05) is 25.3 Å². The molecule has 1 aliphatic rings. The molecule has 2 atom stereocenters. The van der Waals surface area contributed by atoms with Gasteiger partial charge in [-0.2, -0.15) is 5.10 Å². The smallest absolute Gasteiger partial charge is 0.407 e. The minimum Gasteiger partial charge on any atom is -0.467 e. The molecule has 10 nitrogen and oxygen atoms in total. The molecule has 212 valence electrons. The Morgan fingerprint density at radius 3 is 2.65 bits per heavy atom. The molecule has 40 heavy (non-hydrogen) atoms. The number of hydrogen-bond donors (Lipinski definition) is 1. The summed E-state index contributed by atoms with van der Waals surface area (Å²) in [6, 6.07) is 12.4. The summed E-state index contributed by atoms with van der Waals surface area (Å²) in [5.74, 6) is 1.61. The van der Waals surface area contributed by atoms with E-state index in [1.54, 1.807) is 7.11 Å². The van der Waals surface area contributed by atoms with Crippen LogP contribution in [0.2, 0.25) is 0 Å². The molecule has 1 saturated heterocycles. The van der Waals surface area contributed by atoms with Gasteiger partial charge in [-0.05, 0) is 70.4 Å². The summed E-state index contributed by atoms with van der Waals surface area (Å²) < 4.78 is 18.3. The van der Waals surface area contributed by atoms with Gasteiger partial charge >= 0.3 is 6.09 Å². The van der Waals surface area contributed by atoms with E-state index in [9.17, 15) is 4.79 Å². The summed E-state index contributed by atoms with van der Waals surface area (Å²) in [5, 5.41) is 8.43. The predicted molar refractivity (Wildman–Crippen MR) is 156 cm³/mol. The number of anilines is 1. The minimum atomic E-state index is -0.512. The topological polar surface area (TPSA) is 104 Å². The SMILES string of the molecule is CCC1CC(NC(=O)OC(C)(C)C)CCN1c1ccc2nc(-c3cc4cnn(C)c4cc3OCOC)ccc2n1. The molecule has 3 aromatic heterocycles. The van der Waals surface area contributed by atoms with Crippen molar-refractivity contribution >= 4 is 33.8 Å². The number of amides is 1. The summed E-state index contributed by atoms with van der Waals surface area (Å²) in [5.41, 5.74) is 3.75. The normalized spacial score (nSPS) is 17.8. The van der Waals surface area contributed by atoms with Crippen LogP contribution in [0.3, 0.4) is 0 Å². The number of hydrogen-bond acceptors (Lipinski definition) is 8. The Labute approximate surface area is 234 Å². The number of rotatable bonds is 7. The van der Waals surface area contributed by atoms with Crippen LogP contribution in [0.25, 0.3) is 33.2 Å². The van der Waals surface area contributed by atoms with Gasteiger partial charge in [0.15, 0.2) is 6.79 Å². The Morgan fingerprint density at radius 2 is 1.90 bits per heavy atom. The number of piperidine rings is 1. The predicted octanol–water partition coefficient (Wildman–Crippen LogP) is 5.44. The van der Waals surface area contributed by atoms with Crippen molar-refractivity contribution in [3.63, 3.8) is 0 Å². The number of methoxy groups -OCH3 is 1. The van der Waals surface area contributed by atoms with Gasteiger partial charge in [-0.25, -0.2) is 14.8 Å². The van der Waals surface area contributed by atoms with Gasteiger partial charge < -0.3 is 24.4 Å². The number of nitrogens with zero attached hydrogens (tertiary/aromatic N) is 5. The maximum atomic E-state index is 12.3. The fourth-order valence-corrected chi connectivity index (χ4v) is 5.28. The van der Waals surface area contributed by atoms with E-state index in [0.29, 0.717) is 5.75 Å². The average Bonchev–Trinajstić information content (AvgIpc) is 3.29. The monoisotopic (exact) mass is 546 g/mol.